The van der Waals surface area contributed by atoms with E-state index in [1.54, 1.807) is 129 Å². The Bertz CT molecular complexity index is 6070. The Kier molecular flexibility index (Phi) is 42.2. The van der Waals surface area contributed by atoms with Crippen LogP contribution in [0, 0.1) is 27.2 Å². The fraction of sp³-hybridized carbons (Fsp3) is 0.0777. The lowest BCUT2D eigenvalue weighted by Gasteiger charge is -2.13. The zero-order chi connectivity index (χ0) is 95.5. The van der Waals surface area contributed by atoms with Gasteiger partial charge in [-0.25, -0.2) is 0 Å². The third-order valence-electron chi connectivity index (χ3n) is 17.7. The number of rotatable bonds is 26. The molecule has 1 aliphatic rings. The first-order valence-corrected chi connectivity index (χ1v) is 39.8. The molecule has 0 amide bonds. The largest absolute Gasteiger partial charge is 0.504 e. The van der Waals surface area contributed by atoms with E-state index in [4.69, 9.17) is 64.8 Å². The Labute approximate surface area is 763 Å². The standard InChI is InChI=1S/C21H18O3.C14H12O3.C14H12O2.C13H9ClO2.C13H10O.C8H5NO5.C8H7NO5.C7H6O4.C5H8O/c22-14-19-11-12-20(23-15-17-7-3-1-4-8-17)21(13-19)24-16-18-9-5-2-6-10-18;1-16-12-5-7-13(8-6-12)17-14-4-2-3-11(9-14)10-15;1-11-5-7-13(8-6-11)16-14-4-2-3-12(9-14)10-15;14-11-4-6-12(7-5-11)16-13-3-1-2-10(8-13)9-15;14-10-11-6-8-13(9-7-11)12-4-2-1-3-5-12;10-3-5-1-7-8(14-4-13-7)2-6(5)9(11)12;1-14-7-3-5(4-10)2-6(8(7)11)9(12)13;8-3-4-1-2-5(9)7(11)6(4)10;1-3-5(2)4-6/h1-14H,15-16H2;2-10H,1H3;2-10H,1H3;1-9H;1-10H;1-3H,4H2;2-4,11H,1H3;1-3,9-11H;3-4H,1-2H3/b;;;;;;;;5-3+. The minimum Gasteiger partial charge on any atom is -0.504 e. The number of methoxy groups -OCH3 is 2. The van der Waals surface area contributed by atoms with Crippen molar-refractivity contribution in [3.05, 3.63) is 414 Å². The molecule has 1 heterocycles. The summed E-state index contributed by atoms with van der Waals surface area (Å²) in [4.78, 5) is 114. The Balaban J connectivity index is 0.000000206. The van der Waals surface area contributed by atoms with Gasteiger partial charge in [-0.1, -0.05) is 187 Å². The number of benzene rings is 14. The van der Waals surface area contributed by atoms with Crippen LogP contribution in [0.4, 0.5) is 11.4 Å². The Hall–Kier alpha value is -17.7. The van der Waals surface area contributed by atoms with Crippen molar-refractivity contribution in [2.24, 2.45) is 0 Å². The van der Waals surface area contributed by atoms with Crippen LogP contribution in [-0.2, 0) is 18.0 Å². The van der Waals surface area contributed by atoms with Gasteiger partial charge < -0.3 is 63.1 Å². The van der Waals surface area contributed by atoms with E-state index in [0.29, 0.717) is 117 Å². The molecule has 0 saturated carbocycles. The maximum Gasteiger partial charge on any atom is 0.315 e. The van der Waals surface area contributed by atoms with Gasteiger partial charge in [0.2, 0.25) is 18.3 Å². The molecule has 672 valence electrons. The van der Waals surface area contributed by atoms with Crippen LogP contribution < -0.4 is 42.6 Å². The second-order valence-electron chi connectivity index (χ2n) is 27.0. The second kappa shape index (κ2) is 55.0. The number of halogens is 1. The average Bonchev–Trinajstić information content (AvgIpc) is 1.21. The van der Waals surface area contributed by atoms with Gasteiger partial charge in [0.1, 0.15) is 97.5 Å². The molecule has 0 saturated heterocycles. The van der Waals surface area contributed by atoms with E-state index in [0.717, 1.165) is 83.6 Å². The van der Waals surface area contributed by atoms with Crippen molar-refractivity contribution in [1.82, 2.24) is 0 Å². The van der Waals surface area contributed by atoms with Crippen molar-refractivity contribution in [3.8, 4) is 103 Å². The van der Waals surface area contributed by atoms with Crippen molar-refractivity contribution in [1.29, 1.82) is 0 Å². The summed E-state index contributed by atoms with van der Waals surface area (Å²) in [5.41, 5.74) is 8.67. The van der Waals surface area contributed by atoms with Crippen molar-refractivity contribution >= 4 is 79.6 Å². The molecule has 28 nitrogen and oxygen atoms in total. The molecule has 15 rings (SSSR count). The minimum atomic E-state index is -0.787. The first kappa shape index (κ1) is 101. The number of carbonyl (C=O) groups excluding carboxylic acids is 9. The number of nitro groups is 2. The van der Waals surface area contributed by atoms with Crippen molar-refractivity contribution in [2.75, 3.05) is 21.0 Å². The Morgan fingerprint density at radius 2 is 0.788 bits per heavy atom. The molecule has 0 atom stereocenters. The maximum absolute atomic E-state index is 11.0. The fourth-order valence-corrected chi connectivity index (χ4v) is 10.9. The number of aryl methyl sites for hydroxylation is 1. The van der Waals surface area contributed by atoms with E-state index in [-0.39, 0.29) is 34.9 Å². The summed E-state index contributed by atoms with van der Waals surface area (Å²) < 4.78 is 48.2. The molecular weight excluding hydrogens is 1720 g/mol. The first-order valence-electron chi connectivity index (χ1n) is 39.4. The Morgan fingerprint density at radius 3 is 1.22 bits per heavy atom. The van der Waals surface area contributed by atoms with Gasteiger partial charge in [-0.3, -0.25) is 63.4 Å². The predicted octanol–water partition coefficient (Wildman–Crippen LogP) is 22.7. The normalized spacial score (nSPS) is 10.2. The van der Waals surface area contributed by atoms with Crippen molar-refractivity contribution in [3.63, 3.8) is 0 Å². The molecule has 0 spiro atoms. The number of allylic oxidation sites excluding steroid dienone is 2. The monoisotopic (exact) mass is 1800 g/mol. The molecule has 0 fully saturated rings. The van der Waals surface area contributed by atoms with E-state index in [1.807, 2.05) is 172 Å². The number of hydrogen-bond acceptors (Lipinski definition) is 26. The summed E-state index contributed by atoms with van der Waals surface area (Å²) in [7, 11) is 2.86. The molecule has 0 bridgehead atoms. The smallest absolute Gasteiger partial charge is 0.315 e. The van der Waals surface area contributed by atoms with Crippen LogP contribution in [0.1, 0.15) is 113 Å². The maximum atomic E-state index is 11.0. The third-order valence-corrected chi connectivity index (χ3v) is 18.0. The molecule has 14 aromatic rings. The number of phenols is 4. The first-order chi connectivity index (χ1) is 63.9. The number of phenolic OH excluding ortho intramolecular Hbond substituents is 4. The van der Waals surface area contributed by atoms with Crippen molar-refractivity contribution in [2.45, 2.75) is 34.0 Å². The van der Waals surface area contributed by atoms with Crippen LogP contribution in [0.25, 0.3) is 11.1 Å². The molecule has 0 aliphatic carbocycles. The molecule has 4 N–H and O–H groups in total. The molecular formula is C103H87ClN2O26. The highest BCUT2D eigenvalue weighted by Gasteiger charge is 2.24. The van der Waals surface area contributed by atoms with Gasteiger partial charge >= 0.3 is 5.69 Å². The SMILES string of the molecule is C/C=C(\C)C=O.COc1cc(C=O)cc([N+](=O)[O-])c1O.COc1ccc(Oc2cccc(C=O)c2)cc1.Cc1ccc(Oc2cccc(C=O)c2)cc1.O=Cc1cc2c(cc1[N+](=O)[O-])OCO2.O=Cc1ccc(-c2ccccc2)cc1.O=Cc1ccc(O)c(O)c1O.O=Cc1ccc(OCc2ccccc2)c(OCc2ccccc2)c1.O=Cc1cccc(Oc2ccc(Cl)cc2)c1. The van der Waals surface area contributed by atoms with E-state index in [2.05, 4.69) is 16.9 Å². The zero-order valence-electron chi connectivity index (χ0n) is 71.5. The van der Waals surface area contributed by atoms with Gasteiger partial charge in [0, 0.05) is 50.5 Å². The lowest BCUT2D eigenvalue weighted by molar-refractivity contribution is -0.386. The summed E-state index contributed by atoms with van der Waals surface area (Å²) in [5.74, 6) is 4.33. The van der Waals surface area contributed by atoms with E-state index in [9.17, 15) is 68.5 Å². The molecule has 132 heavy (non-hydrogen) atoms. The zero-order valence-corrected chi connectivity index (χ0v) is 72.2. The number of aromatic hydroxyl groups is 4. The van der Waals surface area contributed by atoms with Gasteiger partial charge in [-0.05, 0) is 182 Å². The summed E-state index contributed by atoms with van der Waals surface area (Å²) in [6, 6.07) is 92.8. The third kappa shape index (κ3) is 34.0. The van der Waals surface area contributed by atoms with Crippen LogP contribution in [0.2, 0.25) is 5.02 Å². The summed E-state index contributed by atoms with van der Waals surface area (Å²) >= 11 is 5.76. The van der Waals surface area contributed by atoms with Crippen LogP contribution >= 0.6 is 11.6 Å². The predicted molar refractivity (Wildman–Crippen MR) is 496 cm³/mol. The summed E-state index contributed by atoms with van der Waals surface area (Å²) in [6.45, 7) is 6.52. The van der Waals surface area contributed by atoms with E-state index < -0.39 is 38.5 Å². The topological polar surface area (TPSA) is 404 Å². The highest BCUT2D eigenvalue weighted by atomic mass is 35.5. The lowest BCUT2D eigenvalue weighted by atomic mass is 10.0. The Morgan fingerprint density at radius 1 is 0.371 bits per heavy atom. The second-order valence-corrected chi connectivity index (χ2v) is 27.5. The number of aldehydes is 9. The molecule has 0 aromatic heterocycles. The van der Waals surface area contributed by atoms with Crippen LogP contribution in [0.5, 0.6) is 92.0 Å². The lowest BCUT2D eigenvalue weighted by Crippen LogP contribution is -2.01. The van der Waals surface area contributed by atoms with Crippen LogP contribution in [-0.4, -0.2) is 108 Å². The number of fused-ring (bicyclic) bond motifs is 1. The van der Waals surface area contributed by atoms with Gasteiger partial charge in [-0.2, -0.15) is 0 Å². The van der Waals surface area contributed by atoms with Gasteiger partial charge in [-0.15, -0.1) is 0 Å². The van der Waals surface area contributed by atoms with E-state index in [1.165, 1.54) is 42.5 Å². The summed E-state index contributed by atoms with van der Waals surface area (Å²) in [6.07, 6.45) is 7.89. The molecule has 1 aliphatic heterocycles. The van der Waals surface area contributed by atoms with Gasteiger partial charge in [0.05, 0.1) is 41.3 Å². The van der Waals surface area contributed by atoms with Crippen LogP contribution in [0.15, 0.2) is 327 Å². The van der Waals surface area contributed by atoms with E-state index >= 15 is 0 Å². The molecule has 14 aromatic carbocycles. The van der Waals surface area contributed by atoms with Gasteiger partial charge in [0.25, 0.3) is 5.69 Å². The average molecular weight is 1800 g/mol. The minimum absolute atomic E-state index is 0.0146. The number of ether oxygens (including phenoxy) is 9. The number of nitro benzene ring substituents is 2. The highest BCUT2D eigenvalue weighted by Crippen LogP contribution is 2.40. The quantitative estimate of drug-likeness (QED) is 0.0129. The number of carbonyl (C=O) groups is 9. The summed E-state index contributed by atoms with van der Waals surface area (Å²) in [5, 5.41) is 57.5. The molecule has 0 radical (unpaired) electrons. The highest BCUT2D eigenvalue weighted by molar-refractivity contribution is 6.30. The van der Waals surface area contributed by atoms with Crippen LogP contribution in [0.3, 0.4) is 0 Å². The number of nitrogens with zero attached hydrogens (tertiary/aromatic N) is 2. The van der Waals surface area contributed by atoms with Crippen molar-refractivity contribution < 1.29 is 116 Å². The van der Waals surface area contributed by atoms with Gasteiger partial charge in [0.15, 0.2) is 52.8 Å². The fourth-order valence-electron chi connectivity index (χ4n) is 10.7. The number of hydrogen-bond donors (Lipinski definition) is 4. The molecule has 0 unspecified atom stereocenters. The molecule has 29 heteroatoms.